The molecule has 2 atom stereocenters. The average molecular weight is 404 g/mol. The first kappa shape index (κ1) is 16.2. The standard InChI is InChI=1S/C14H17IN2O4/c1-21-12(18)6-5-11(13(16)19)17-7-9-8(14(17)20)3-2-4-10(9)15/h2-4,11,13,19H,5-7,16H2,1H3. The fourth-order valence-corrected chi connectivity index (χ4v) is 3.13. The molecule has 0 saturated carbocycles. The highest BCUT2D eigenvalue weighted by atomic mass is 127. The summed E-state index contributed by atoms with van der Waals surface area (Å²) in [5.41, 5.74) is 7.15. The zero-order chi connectivity index (χ0) is 15.6. The Balaban J connectivity index is 2.18. The van der Waals surface area contributed by atoms with Gasteiger partial charge in [0.25, 0.3) is 5.91 Å². The van der Waals surface area contributed by atoms with Gasteiger partial charge in [-0.05, 0) is 46.7 Å². The van der Waals surface area contributed by atoms with Crippen molar-refractivity contribution in [1.82, 2.24) is 4.90 Å². The van der Waals surface area contributed by atoms with Crippen LogP contribution in [-0.4, -0.2) is 41.3 Å². The van der Waals surface area contributed by atoms with Crippen LogP contribution in [0.15, 0.2) is 18.2 Å². The maximum absolute atomic E-state index is 12.4. The summed E-state index contributed by atoms with van der Waals surface area (Å²) in [6.45, 7) is 0.396. The molecule has 0 bridgehead atoms. The SMILES string of the molecule is COC(=O)CCC(C(N)O)N1Cc2c(I)cccc2C1=O. The van der Waals surface area contributed by atoms with E-state index in [9.17, 15) is 14.7 Å². The second-order valence-corrected chi connectivity index (χ2v) is 6.03. The molecule has 1 aliphatic rings. The molecular formula is C14H17IN2O4. The fraction of sp³-hybridized carbons (Fsp3) is 0.429. The number of aliphatic hydroxyl groups excluding tert-OH is 1. The van der Waals surface area contributed by atoms with Crippen molar-refractivity contribution in [3.8, 4) is 0 Å². The molecule has 6 nitrogen and oxygen atoms in total. The van der Waals surface area contributed by atoms with E-state index in [1.54, 1.807) is 6.07 Å². The molecule has 0 saturated heterocycles. The number of benzene rings is 1. The van der Waals surface area contributed by atoms with Crippen molar-refractivity contribution in [3.63, 3.8) is 0 Å². The normalized spacial score (nSPS) is 16.6. The lowest BCUT2D eigenvalue weighted by atomic mass is 10.1. The van der Waals surface area contributed by atoms with E-state index >= 15 is 0 Å². The van der Waals surface area contributed by atoms with Gasteiger partial charge >= 0.3 is 5.97 Å². The Morgan fingerprint density at radius 2 is 2.29 bits per heavy atom. The number of esters is 1. The number of aliphatic hydroxyl groups is 1. The zero-order valence-corrected chi connectivity index (χ0v) is 13.7. The van der Waals surface area contributed by atoms with Gasteiger partial charge in [0.05, 0.1) is 13.2 Å². The van der Waals surface area contributed by atoms with Crippen molar-refractivity contribution in [3.05, 3.63) is 32.9 Å². The zero-order valence-electron chi connectivity index (χ0n) is 11.6. The highest BCUT2D eigenvalue weighted by molar-refractivity contribution is 14.1. The lowest BCUT2D eigenvalue weighted by molar-refractivity contribution is -0.141. The molecule has 1 aliphatic heterocycles. The number of amides is 1. The molecule has 0 aliphatic carbocycles. The minimum atomic E-state index is -1.20. The van der Waals surface area contributed by atoms with E-state index in [4.69, 9.17) is 5.73 Å². The molecular weight excluding hydrogens is 387 g/mol. The molecule has 1 aromatic rings. The number of rotatable bonds is 5. The predicted molar refractivity (Wildman–Crippen MR) is 84.3 cm³/mol. The van der Waals surface area contributed by atoms with Crippen molar-refractivity contribution < 1.29 is 19.4 Å². The lowest BCUT2D eigenvalue weighted by Gasteiger charge is -2.29. The third-order valence-electron chi connectivity index (χ3n) is 3.61. The topological polar surface area (TPSA) is 92.9 Å². The third kappa shape index (κ3) is 3.35. The minimum Gasteiger partial charge on any atom is -0.469 e. The van der Waals surface area contributed by atoms with E-state index in [0.717, 1.165) is 9.13 Å². The number of carbonyl (C=O) groups is 2. The Morgan fingerprint density at radius 1 is 1.57 bits per heavy atom. The summed E-state index contributed by atoms with van der Waals surface area (Å²) in [5, 5.41) is 9.75. The lowest BCUT2D eigenvalue weighted by Crippen LogP contribution is -2.48. The molecule has 7 heteroatoms. The second-order valence-electron chi connectivity index (χ2n) is 4.87. The Kier molecular flexibility index (Phi) is 5.17. The third-order valence-corrected chi connectivity index (χ3v) is 4.62. The number of methoxy groups -OCH3 is 1. The number of nitrogens with two attached hydrogens (primary N) is 1. The molecule has 1 heterocycles. The van der Waals surface area contributed by atoms with Crippen molar-refractivity contribution in [2.45, 2.75) is 31.7 Å². The maximum atomic E-state index is 12.4. The summed E-state index contributed by atoms with van der Waals surface area (Å²) in [5.74, 6) is -0.553. The molecule has 1 aromatic carbocycles. The Morgan fingerprint density at radius 3 is 2.86 bits per heavy atom. The highest BCUT2D eigenvalue weighted by Gasteiger charge is 2.36. The summed E-state index contributed by atoms with van der Waals surface area (Å²) in [4.78, 5) is 25.2. The van der Waals surface area contributed by atoms with Crippen LogP contribution in [0.4, 0.5) is 0 Å². The van der Waals surface area contributed by atoms with E-state index in [-0.39, 0.29) is 24.7 Å². The first-order chi connectivity index (χ1) is 9.95. The van der Waals surface area contributed by atoms with E-state index < -0.39 is 12.3 Å². The van der Waals surface area contributed by atoms with E-state index in [1.165, 1.54) is 12.0 Å². The Bertz CT molecular complexity index is 562. The molecule has 0 aromatic heterocycles. The quantitative estimate of drug-likeness (QED) is 0.431. The highest BCUT2D eigenvalue weighted by Crippen LogP contribution is 2.30. The van der Waals surface area contributed by atoms with Crippen LogP contribution < -0.4 is 5.73 Å². The van der Waals surface area contributed by atoms with Crippen LogP contribution in [0.1, 0.15) is 28.8 Å². The smallest absolute Gasteiger partial charge is 0.305 e. The molecule has 3 N–H and O–H groups in total. The monoisotopic (exact) mass is 404 g/mol. The number of hydrogen-bond donors (Lipinski definition) is 2. The number of halogens is 1. The van der Waals surface area contributed by atoms with Gasteiger partial charge in [0.15, 0.2) is 0 Å². The van der Waals surface area contributed by atoms with Crippen LogP contribution in [0.3, 0.4) is 0 Å². The van der Waals surface area contributed by atoms with Crippen molar-refractivity contribution >= 4 is 34.5 Å². The molecule has 1 amide bonds. The van der Waals surface area contributed by atoms with Gasteiger partial charge in [0, 0.05) is 22.1 Å². The number of nitrogens with zero attached hydrogens (tertiary/aromatic N) is 1. The molecule has 21 heavy (non-hydrogen) atoms. The number of hydrogen-bond acceptors (Lipinski definition) is 5. The van der Waals surface area contributed by atoms with Gasteiger partial charge in [-0.2, -0.15) is 0 Å². The molecule has 2 rings (SSSR count). The molecule has 2 unspecified atom stereocenters. The van der Waals surface area contributed by atoms with Gasteiger partial charge in [-0.1, -0.05) is 6.07 Å². The van der Waals surface area contributed by atoms with Gasteiger partial charge in [0.1, 0.15) is 6.23 Å². The fourth-order valence-electron chi connectivity index (χ4n) is 2.46. The summed E-state index contributed by atoms with van der Waals surface area (Å²) in [6, 6.07) is 4.91. The molecule has 114 valence electrons. The van der Waals surface area contributed by atoms with Crippen LogP contribution in [0.2, 0.25) is 0 Å². The van der Waals surface area contributed by atoms with Gasteiger partial charge in [0.2, 0.25) is 0 Å². The minimum absolute atomic E-state index is 0.104. The van der Waals surface area contributed by atoms with E-state index in [0.29, 0.717) is 12.1 Å². The second kappa shape index (κ2) is 6.71. The summed E-state index contributed by atoms with van der Waals surface area (Å²) in [6.07, 6.45) is -0.835. The van der Waals surface area contributed by atoms with Crippen molar-refractivity contribution in [1.29, 1.82) is 0 Å². The van der Waals surface area contributed by atoms with Crippen LogP contribution in [0.5, 0.6) is 0 Å². The molecule has 0 fully saturated rings. The van der Waals surface area contributed by atoms with Gasteiger partial charge in [-0.25, -0.2) is 0 Å². The summed E-state index contributed by atoms with van der Waals surface area (Å²) < 4.78 is 5.58. The maximum Gasteiger partial charge on any atom is 0.305 e. The van der Waals surface area contributed by atoms with Crippen molar-refractivity contribution in [2.75, 3.05) is 7.11 Å². The summed E-state index contributed by atoms with van der Waals surface area (Å²) in [7, 11) is 1.30. The number of fused-ring (bicyclic) bond motifs is 1. The first-order valence-electron chi connectivity index (χ1n) is 6.54. The average Bonchev–Trinajstić information content (AvgIpc) is 2.78. The van der Waals surface area contributed by atoms with Crippen LogP contribution in [-0.2, 0) is 16.1 Å². The summed E-state index contributed by atoms with van der Waals surface area (Å²) >= 11 is 2.18. The largest absolute Gasteiger partial charge is 0.469 e. The predicted octanol–water partition coefficient (Wildman–Crippen LogP) is 0.846. The number of carbonyl (C=O) groups excluding carboxylic acids is 2. The van der Waals surface area contributed by atoms with Gasteiger partial charge in [-0.3, -0.25) is 9.59 Å². The van der Waals surface area contributed by atoms with Crippen LogP contribution in [0.25, 0.3) is 0 Å². The van der Waals surface area contributed by atoms with Gasteiger partial charge < -0.3 is 20.5 Å². The Labute approximate surface area is 136 Å². The van der Waals surface area contributed by atoms with Crippen molar-refractivity contribution in [2.24, 2.45) is 5.73 Å². The molecule has 0 spiro atoms. The number of ether oxygens (including phenoxy) is 1. The van der Waals surface area contributed by atoms with E-state index in [2.05, 4.69) is 27.3 Å². The first-order valence-corrected chi connectivity index (χ1v) is 7.62. The van der Waals surface area contributed by atoms with E-state index in [1.807, 2.05) is 12.1 Å². The van der Waals surface area contributed by atoms with Crippen LogP contribution in [0, 0.1) is 3.57 Å². The molecule has 0 radical (unpaired) electrons. The Hall–Kier alpha value is -1.19. The van der Waals surface area contributed by atoms with Crippen LogP contribution >= 0.6 is 22.6 Å². The van der Waals surface area contributed by atoms with Gasteiger partial charge in [-0.15, -0.1) is 0 Å².